The van der Waals surface area contributed by atoms with Crippen LogP contribution < -0.4 is 4.74 Å². The van der Waals surface area contributed by atoms with Crippen LogP contribution in [0.3, 0.4) is 0 Å². The SMILES string of the molecule is Cc1ccc(C(=O)C2CCN(C(=O)c3cccc(OCc4cn5cc(C)ccc5n4)c3)CC2)cc1. The molecule has 0 bridgehead atoms. The normalized spacial score (nSPS) is 14.3. The molecule has 0 radical (unpaired) electrons. The van der Waals surface area contributed by atoms with E-state index < -0.39 is 0 Å². The third kappa shape index (κ3) is 5.11. The number of nitrogens with zero attached hydrogens (tertiary/aromatic N) is 3. The third-order valence-electron chi connectivity index (χ3n) is 6.61. The summed E-state index contributed by atoms with van der Waals surface area (Å²) in [7, 11) is 0. The fourth-order valence-electron chi connectivity index (χ4n) is 4.58. The molecule has 178 valence electrons. The topological polar surface area (TPSA) is 63.9 Å². The molecule has 0 unspecified atom stereocenters. The summed E-state index contributed by atoms with van der Waals surface area (Å²) in [4.78, 5) is 32.4. The zero-order valence-electron chi connectivity index (χ0n) is 20.1. The second-order valence-corrected chi connectivity index (χ2v) is 9.32. The molecule has 0 N–H and O–H groups in total. The first-order valence-corrected chi connectivity index (χ1v) is 12.0. The second-order valence-electron chi connectivity index (χ2n) is 9.32. The number of imidazole rings is 1. The molecule has 1 aliphatic rings. The number of carbonyl (C=O) groups is 2. The minimum absolute atomic E-state index is 0.0279. The number of ketones is 1. The van der Waals surface area contributed by atoms with E-state index in [-0.39, 0.29) is 17.6 Å². The molecule has 2 aromatic heterocycles. The summed E-state index contributed by atoms with van der Waals surface area (Å²) in [6, 6.07) is 19.0. The Bertz CT molecular complexity index is 1370. The number of benzene rings is 2. The van der Waals surface area contributed by atoms with E-state index in [4.69, 9.17) is 4.74 Å². The maximum atomic E-state index is 13.1. The molecule has 1 fully saturated rings. The van der Waals surface area contributed by atoms with Crippen molar-refractivity contribution in [3.05, 3.63) is 101 Å². The van der Waals surface area contributed by atoms with Crippen LogP contribution >= 0.6 is 0 Å². The van der Waals surface area contributed by atoms with Gasteiger partial charge in [0.25, 0.3) is 5.91 Å². The molecule has 3 heterocycles. The van der Waals surface area contributed by atoms with Crippen LogP contribution in [0.5, 0.6) is 5.75 Å². The van der Waals surface area contributed by atoms with Gasteiger partial charge in [0.05, 0.1) is 5.69 Å². The number of amides is 1. The molecule has 1 aliphatic heterocycles. The van der Waals surface area contributed by atoms with E-state index >= 15 is 0 Å². The summed E-state index contributed by atoms with van der Waals surface area (Å²) < 4.78 is 7.93. The minimum atomic E-state index is -0.0364. The Hall–Kier alpha value is -3.93. The minimum Gasteiger partial charge on any atom is -0.487 e. The molecule has 1 amide bonds. The van der Waals surface area contributed by atoms with E-state index in [1.807, 2.05) is 90.1 Å². The van der Waals surface area contributed by atoms with Crippen LogP contribution in [0.4, 0.5) is 0 Å². The molecule has 0 atom stereocenters. The van der Waals surface area contributed by atoms with Crippen molar-refractivity contribution >= 4 is 17.3 Å². The van der Waals surface area contributed by atoms with Crippen molar-refractivity contribution in [2.45, 2.75) is 33.3 Å². The van der Waals surface area contributed by atoms with Gasteiger partial charge in [-0.25, -0.2) is 4.98 Å². The monoisotopic (exact) mass is 467 g/mol. The molecular weight excluding hydrogens is 438 g/mol. The number of likely N-dealkylation sites (tertiary alicyclic amines) is 1. The van der Waals surface area contributed by atoms with Gasteiger partial charge in [0.2, 0.25) is 0 Å². The maximum absolute atomic E-state index is 13.1. The Labute approximate surface area is 205 Å². The number of aromatic nitrogens is 2. The molecule has 0 spiro atoms. The van der Waals surface area contributed by atoms with E-state index in [1.165, 1.54) is 0 Å². The number of aryl methyl sites for hydroxylation is 2. The van der Waals surface area contributed by atoms with Crippen LogP contribution in [0.25, 0.3) is 5.65 Å². The van der Waals surface area contributed by atoms with Crippen LogP contribution in [0.1, 0.15) is 50.4 Å². The Morgan fingerprint density at radius 3 is 2.43 bits per heavy atom. The fraction of sp³-hybridized carbons (Fsp3) is 0.276. The first-order valence-electron chi connectivity index (χ1n) is 12.0. The smallest absolute Gasteiger partial charge is 0.253 e. The Morgan fingerprint density at radius 1 is 0.914 bits per heavy atom. The molecular formula is C29H29N3O3. The van der Waals surface area contributed by atoms with Crippen LogP contribution in [0, 0.1) is 19.8 Å². The molecule has 0 aliphatic carbocycles. The van der Waals surface area contributed by atoms with E-state index in [0.29, 0.717) is 43.9 Å². The Kier molecular flexibility index (Phi) is 6.36. The maximum Gasteiger partial charge on any atom is 0.253 e. The van der Waals surface area contributed by atoms with Crippen LogP contribution in [-0.4, -0.2) is 39.1 Å². The highest BCUT2D eigenvalue weighted by Gasteiger charge is 2.28. The molecule has 6 nitrogen and oxygen atoms in total. The summed E-state index contributed by atoms with van der Waals surface area (Å²) in [6.45, 7) is 5.53. The van der Waals surface area contributed by atoms with Crippen LogP contribution in [0.15, 0.2) is 73.1 Å². The van der Waals surface area contributed by atoms with Gasteiger partial charge in [0, 0.05) is 42.5 Å². The van der Waals surface area contributed by atoms with Crippen molar-refractivity contribution in [1.29, 1.82) is 0 Å². The lowest BCUT2D eigenvalue weighted by Gasteiger charge is -2.31. The average molecular weight is 468 g/mol. The number of hydrogen-bond acceptors (Lipinski definition) is 4. The van der Waals surface area contributed by atoms with E-state index in [0.717, 1.165) is 28.0 Å². The summed E-state index contributed by atoms with van der Waals surface area (Å²) >= 11 is 0. The van der Waals surface area contributed by atoms with Crippen molar-refractivity contribution in [2.24, 2.45) is 5.92 Å². The van der Waals surface area contributed by atoms with Gasteiger partial charge >= 0.3 is 0 Å². The standard InChI is InChI=1S/C29H29N3O3/c1-20-6-9-22(10-7-20)28(33)23-12-14-31(15-13-23)29(34)24-4-3-5-26(16-24)35-19-25-18-32-17-21(2)8-11-27(32)30-25/h3-11,16-18,23H,12-15,19H2,1-2H3. The van der Waals surface area contributed by atoms with Crippen molar-refractivity contribution in [2.75, 3.05) is 13.1 Å². The molecule has 2 aromatic carbocycles. The summed E-state index contributed by atoms with van der Waals surface area (Å²) in [5.41, 5.74) is 5.36. The zero-order valence-corrected chi connectivity index (χ0v) is 20.1. The van der Waals surface area contributed by atoms with Crippen molar-refractivity contribution in [1.82, 2.24) is 14.3 Å². The van der Waals surface area contributed by atoms with Gasteiger partial charge < -0.3 is 14.0 Å². The van der Waals surface area contributed by atoms with Crippen molar-refractivity contribution in [3.63, 3.8) is 0 Å². The molecule has 0 saturated carbocycles. The second kappa shape index (κ2) is 9.74. The molecule has 4 aromatic rings. The van der Waals surface area contributed by atoms with Gasteiger partial charge in [-0.15, -0.1) is 0 Å². The van der Waals surface area contributed by atoms with Gasteiger partial charge in [0.1, 0.15) is 18.0 Å². The van der Waals surface area contributed by atoms with Gasteiger partial charge in [-0.1, -0.05) is 42.0 Å². The lowest BCUT2D eigenvalue weighted by atomic mass is 9.88. The summed E-state index contributed by atoms with van der Waals surface area (Å²) in [5, 5.41) is 0. The average Bonchev–Trinajstić information content (AvgIpc) is 3.29. The highest BCUT2D eigenvalue weighted by atomic mass is 16.5. The zero-order chi connectivity index (χ0) is 24.4. The van der Waals surface area contributed by atoms with Crippen LogP contribution in [-0.2, 0) is 6.61 Å². The number of piperidine rings is 1. The van der Waals surface area contributed by atoms with Gasteiger partial charge in [-0.3, -0.25) is 9.59 Å². The summed E-state index contributed by atoms with van der Waals surface area (Å²) in [5.74, 6) is 0.744. The van der Waals surface area contributed by atoms with Crippen molar-refractivity contribution < 1.29 is 14.3 Å². The van der Waals surface area contributed by atoms with E-state index in [1.54, 1.807) is 6.07 Å². The lowest BCUT2D eigenvalue weighted by molar-refractivity contribution is 0.0650. The first kappa shape index (κ1) is 22.8. The van der Waals surface area contributed by atoms with Crippen molar-refractivity contribution in [3.8, 4) is 5.75 Å². The number of hydrogen-bond donors (Lipinski definition) is 0. The van der Waals surface area contributed by atoms with Crippen LogP contribution in [0.2, 0.25) is 0 Å². The van der Waals surface area contributed by atoms with Gasteiger partial charge in [-0.05, 0) is 56.5 Å². The Balaban J connectivity index is 1.18. The largest absolute Gasteiger partial charge is 0.487 e. The predicted molar refractivity (Wildman–Crippen MR) is 135 cm³/mol. The molecule has 6 heteroatoms. The fourth-order valence-corrected chi connectivity index (χ4v) is 4.58. The van der Waals surface area contributed by atoms with E-state index in [9.17, 15) is 9.59 Å². The number of carbonyl (C=O) groups excluding carboxylic acids is 2. The van der Waals surface area contributed by atoms with Gasteiger partial charge in [-0.2, -0.15) is 0 Å². The number of rotatable bonds is 6. The highest BCUT2D eigenvalue weighted by molar-refractivity contribution is 5.98. The number of ether oxygens (including phenoxy) is 1. The van der Waals surface area contributed by atoms with Gasteiger partial charge in [0.15, 0.2) is 5.78 Å². The molecule has 5 rings (SSSR count). The number of pyridine rings is 1. The highest BCUT2D eigenvalue weighted by Crippen LogP contribution is 2.24. The number of fused-ring (bicyclic) bond motifs is 1. The van der Waals surface area contributed by atoms with E-state index in [2.05, 4.69) is 4.98 Å². The Morgan fingerprint density at radius 2 is 1.66 bits per heavy atom. The third-order valence-corrected chi connectivity index (χ3v) is 6.61. The molecule has 35 heavy (non-hydrogen) atoms. The first-order chi connectivity index (χ1) is 17.0. The lowest BCUT2D eigenvalue weighted by Crippen LogP contribution is -2.40. The number of Topliss-reactive ketones (excluding diaryl/α,β-unsaturated/α-hetero) is 1. The predicted octanol–water partition coefficient (Wildman–Crippen LogP) is 5.27. The molecule has 1 saturated heterocycles. The quantitative estimate of drug-likeness (QED) is 0.363. The summed E-state index contributed by atoms with van der Waals surface area (Å²) in [6.07, 6.45) is 5.35.